The third kappa shape index (κ3) is 4.24. The van der Waals surface area contributed by atoms with Gasteiger partial charge >= 0.3 is 0 Å². The van der Waals surface area contributed by atoms with Gasteiger partial charge in [0.15, 0.2) is 5.96 Å². The molecule has 1 aromatic carbocycles. The highest BCUT2D eigenvalue weighted by molar-refractivity contribution is 5.83. The van der Waals surface area contributed by atoms with Gasteiger partial charge in [0.05, 0.1) is 0 Å². The van der Waals surface area contributed by atoms with Crippen LogP contribution in [0, 0.1) is 5.82 Å². The van der Waals surface area contributed by atoms with Gasteiger partial charge in [0.25, 0.3) is 0 Å². The predicted molar refractivity (Wildman–Crippen MR) is 93.1 cm³/mol. The van der Waals surface area contributed by atoms with Crippen molar-refractivity contribution in [1.82, 2.24) is 10.3 Å². The lowest BCUT2D eigenvalue weighted by atomic mass is 10.1. The fraction of sp³-hybridized carbons (Fsp3) is 0.500. The molecule has 0 bridgehead atoms. The molecule has 1 aliphatic rings. The highest BCUT2D eigenvalue weighted by Crippen LogP contribution is 2.20. The SMILES string of the molecule is NC(=NCCc1c[nH]c2ccc(F)cc12)NC1CCCCCC1. The van der Waals surface area contributed by atoms with Crippen LogP contribution in [0.2, 0.25) is 0 Å². The highest BCUT2D eigenvalue weighted by Gasteiger charge is 2.12. The Labute approximate surface area is 136 Å². The van der Waals surface area contributed by atoms with E-state index in [0.29, 0.717) is 18.5 Å². The molecule has 0 spiro atoms. The number of nitrogens with one attached hydrogen (secondary N) is 2. The fourth-order valence-electron chi connectivity index (χ4n) is 3.33. The van der Waals surface area contributed by atoms with E-state index in [9.17, 15) is 4.39 Å². The van der Waals surface area contributed by atoms with Crippen LogP contribution in [-0.4, -0.2) is 23.5 Å². The van der Waals surface area contributed by atoms with Crippen molar-refractivity contribution in [2.45, 2.75) is 51.0 Å². The third-order valence-electron chi connectivity index (χ3n) is 4.60. The van der Waals surface area contributed by atoms with Crippen LogP contribution in [0.5, 0.6) is 0 Å². The molecule has 0 atom stereocenters. The summed E-state index contributed by atoms with van der Waals surface area (Å²) in [5.41, 5.74) is 8.03. The molecule has 4 N–H and O–H groups in total. The molecule has 2 aromatic rings. The molecule has 1 heterocycles. The minimum Gasteiger partial charge on any atom is -0.370 e. The summed E-state index contributed by atoms with van der Waals surface area (Å²) < 4.78 is 13.4. The fourth-order valence-corrected chi connectivity index (χ4v) is 3.33. The number of hydrogen-bond donors (Lipinski definition) is 3. The average Bonchev–Trinajstić information content (AvgIpc) is 2.75. The Morgan fingerprint density at radius 3 is 2.83 bits per heavy atom. The Hall–Kier alpha value is -2.04. The van der Waals surface area contributed by atoms with E-state index in [1.807, 2.05) is 6.20 Å². The van der Waals surface area contributed by atoms with Gasteiger partial charge in [0.1, 0.15) is 5.82 Å². The summed E-state index contributed by atoms with van der Waals surface area (Å²) in [4.78, 5) is 7.59. The molecule has 0 unspecified atom stereocenters. The summed E-state index contributed by atoms with van der Waals surface area (Å²) in [7, 11) is 0. The maximum Gasteiger partial charge on any atom is 0.188 e. The number of aromatic nitrogens is 1. The molecule has 1 fully saturated rings. The van der Waals surface area contributed by atoms with Crippen LogP contribution in [-0.2, 0) is 6.42 Å². The molecular formula is C18H25FN4. The molecule has 0 amide bonds. The number of nitrogens with zero attached hydrogens (tertiary/aromatic N) is 1. The Bertz CT molecular complexity index is 669. The maximum atomic E-state index is 13.4. The van der Waals surface area contributed by atoms with E-state index in [2.05, 4.69) is 15.3 Å². The number of benzene rings is 1. The summed E-state index contributed by atoms with van der Waals surface area (Å²) in [5, 5.41) is 4.27. The Balaban J connectivity index is 1.55. The average molecular weight is 316 g/mol. The number of hydrogen-bond acceptors (Lipinski definition) is 1. The van der Waals surface area contributed by atoms with Crippen molar-refractivity contribution < 1.29 is 4.39 Å². The molecule has 23 heavy (non-hydrogen) atoms. The number of rotatable bonds is 4. The standard InChI is InChI=1S/C18H25FN4/c19-14-7-8-17-16(11-14)13(12-22-17)9-10-21-18(20)23-15-5-3-1-2-4-6-15/h7-8,11-12,15,22H,1-6,9-10H2,(H3,20,21,23). The Morgan fingerprint density at radius 1 is 1.26 bits per heavy atom. The van der Waals surface area contributed by atoms with E-state index in [-0.39, 0.29) is 5.82 Å². The first-order valence-corrected chi connectivity index (χ1v) is 8.54. The minimum absolute atomic E-state index is 0.212. The van der Waals surface area contributed by atoms with Crippen LogP contribution in [0.3, 0.4) is 0 Å². The van der Waals surface area contributed by atoms with E-state index in [1.165, 1.54) is 44.6 Å². The largest absolute Gasteiger partial charge is 0.370 e. The molecular weight excluding hydrogens is 291 g/mol. The highest BCUT2D eigenvalue weighted by atomic mass is 19.1. The molecule has 4 nitrogen and oxygen atoms in total. The van der Waals surface area contributed by atoms with Gasteiger partial charge in [-0.3, -0.25) is 4.99 Å². The number of aliphatic imine (C=N–C) groups is 1. The maximum absolute atomic E-state index is 13.4. The van der Waals surface area contributed by atoms with Crippen LogP contribution in [0.25, 0.3) is 10.9 Å². The van der Waals surface area contributed by atoms with Gasteiger partial charge < -0.3 is 16.0 Å². The summed E-state index contributed by atoms with van der Waals surface area (Å²) in [6.45, 7) is 0.606. The first kappa shape index (κ1) is 15.8. The summed E-state index contributed by atoms with van der Waals surface area (Å²) >= 11 is 0. The predicted octanol–water partition coefficient (Wildman–Crippen LogP) is 3.48. The zero-order valence-electron chi connectivity index (χ0n) is 13.4. The van der Waals surface area contributed by atoms with E-state index in [0.717, 1.165) is 22.9 Å². The molecule has 0 saturated heterocycles. The smallest absolute Gasteiger partial charge is 0.188 e. The second-order valence-corrected chi connectivity index (χ2v) is 6.35. The number of nitrogens with two attached hydrogens (primary N) is 1. The van der Waals surface area contributed by atoms with Crippen LogP contribution in [0.1, 0.15) is 44.1 Å². The Kier molecular flexibility index (Phi) is 5.16. The quantitative estimate of drug-likeness (QED) is 0.459. The van der Waals surface area contributed by atoms with Gasteiger partial charge in [-0.15, -0.1) is 0 Å². The first-order valence-electron chi connectivity index (χ1n) is 8.54. The lowest BCUT2D eigenvalue weighted by molar-refractivity contribution is 0.530. The lowest BCUT2D eigenvalue weighted by Gasteiger charge is -2.16. The topological polar surface area (TPSA) is 66.2 Å². The lowest BCUT2D eigenvalue weighted by Crippen LogP contribution is -2.40. The molecule has 124 valence electrons. The molecule has 1 saturated carbocycles. The molecule has 0 aliphatic heterocycles. The summed E-state index contributed by atoms with van der Waals surface area (Å²) in [5.74, 6) is 0.319. The zero-order valence-corrected chi connectivity index (χ0v) is 13.4. The van der Waals surface area contributed by atoms with Crippen LogP contribution >= 0.6 is 0 Å². The Morgan fingerprint density at radius 2 is 2.04 bits per heavy atom. The number of H-pyrrole nitrogens is 1. The third-order valence-corrected chi connectivity index (χ3v) is 4.60. The molecule has 3 rings (SSSR count). The van der Waals surface area contributed by atoms with Crippen molar-refractivity contribution in [3.8, 4) is 0 Å². The van der Waals surface area contributed by atoms with Crippen molar-refractivity contribution in [3.63, 3.8) is 0 Å². The van der Waals surface area contributed by atoms with Crippen LogP contribution < -0.4 is 11.1 Å². The van der Waals surface area contributed by atoms with Crippen molar-refractivity contribution in [2.24, 2.45) is 10.7 Å². The molecule has 1 aliphatic carbocycles. The van der Waals surface area contributed by atoms with Crippen molar-refractivity contribution in [2.75, 3.05) is 6.54 Å². The summed E-state index contributed by atoms with van der Waals surface area (Å²) in [6.07, 6.45) is 10.2. The van der Waals surface area contributed by atoms with Gasteiger partial charge in [-0.1, -0.05) is 25.7 Å². The molecule has 0 radical (unpaired) electrons. The number of aromatic amines is 1. The number of guanidine groups is 1. The second kappa shape index (κ2) is 7.49. The van der Waals surface area contributed by atoms with Gasteiger partial charge in [0.2, 0.25) is 0 Å². The van der Waals surface area contributed by atoms with Gasteiger partial charge in [-0.05, 0) is 43.0 Å². The van der Waals surface area contributed by atoms with E-state index in [1.54, 1.807) is 12.1 Å². The minimum atomic E-state index is -0.212. The molecule has 5 heteroatoms. The van der Waals surface area contributed by atoms with Crippen LogP contribution in [0.4, 0.5) is 4.39 Å². The molecule has 1 aromatic heterocycles. The van der Waals surface area contributed by atoms with Crippen LogP contribution in [0.15, 0.2) is 29.4 Å². The van der Waals surface area contributed by atoms with Crippen molar-refractivity contribution >= 4 is 16.9 Å². The van der Waals surface area contributed by atoms with Crippen molar-refractivity contribution in [3.05, 3.63) is 35.8 Å². The number of fused-ring (bicyclic) bond motifs is 1. The van der Waals surface area contributed by atoms with Gasteiger partial charge in [-0.2, -0.15) is 0 Å². The zero-order chi connectivity index (χ0) is 16.1. The van der Waals surface area contributed by atoms with Crippen molar-refractivity contribution in [1.29, 1.82) is 0 Å². The van der Waals surface area contributed by atoms with E-state index >= 15 is 0 Å². The van der Waals surface area contributed by atoms with E-state index < -0.39 is 0 Å². The van der Waals surface area contributed by atoms with E-state index in [4.69, 9.17) is 5.73 Å². The monoisotopic (exact) mass is 316 g/mol. The summed E-state index contributed by atoms with van der Waals surface area (Å²) in [6, 6.07) is 5.26. The number of halogens is 1. The first-order chi connectivity index (χ1) is 11.2. The second-order valence-electron chi connectivity index (χ2n) is 6.35. The van der Waals surface area contributed by atoms with Gasteiger partial charge in [0, 0.05) is 29.7 Å². The normalized spacial score (nSPS) is 17.3. The van der Waals surface area contributed by atoms with Gasteiger partial charge in [-0.25, -0.2) is 4.39 Å².